The molecule has 0 aliphatic heterocycles. The number of ether oxygens (including phenoxy) is 2. The molecule has 0 bridgehead atoms. The molecule has 2 amide bonds. The number of hydrogen-bond acceptors (Lipinski definition) is 4. The zero-order valence-electron chi connectivity index (χ0n) is 22.8. The second-order valence-corrected chi connectivity index (χ2v) is 12.0. The van der Waals surface area contributed by atoms with Gasteiger partial charge in [-0.3, -0.25) is 9.59 Å². The Kier molecular flexibility index (Phi) is 12.4. The molecular formula is C27H52N2O4. The highest BCUT2D eigenvalue weighted by molar-refractivity contribution is 5.86. The van der Waals surface area contributed by atoms with Crippen LogP contribution in [0.25, 0.3) is 0 Å². The molecule has 0 saturated heterocycles. The summed E-state index contributed by atoms with van der Waals surface area (Å²) in [5.41, 5.74) is -0.837. The van der Waals surface area contributed by atoms with Gasteiger partial charge in [-0.1, -0.05) is 27.7 Å². The Hall–Kier alpha value is -1.14. The van der Waals surface area contributed by atoms with Crippen LogP contribution < -0.4 is 10.6 Å². The van der Waals surface area contributed by atoms with Crippen molar-refractivity contribution in [3.63, 3.8) is 0 Å². The maximum atomic E-state index is 12.7. The lowest BCUT2D eigenvalue weighted by Gasteiger charge is -2.26. The summed E-state index contributed by atoms with van der Waals surface area (Å²) in [7, 11) is 0. The highest BCUT2D eigenvalue weighted by Crippen LogP contribution is 2.49. The van der Waals surface area contributed by atoms with Gasteiger partial charge in [-0.25, -0.2) is 0 Å². The molecule has 2 N–H and O–H groups in total. The molecule has 0 atom stereocenters. The molecule has 0 aromatic rings. The van der Waals surface area contributed by atoms with Crippen molar-refractivity contribution < 1.29 is 19.1 Å². The van der Waals surface area contributed by atoms with Gasteiger partial charge in [0.25, 0.3) is 0 Å². The summed E-state index contributed by atoms with van der Waals surface area (Å²) < 4.78 is 11.9. The van der Waals surface area contributed by atoms with Gasteiger partial charge in [-0.2, -0.15) is 0 Å². The topological polar surface area (TPSA) is 76.7 Å². The standard InChI is InChI=1S/C27H52N2O4/c1-21(2)10-19-32-25(5,6)15-17-28-23(30)9-12-27(13-14-27)24(31)29-18-16-26(7,8)33-20-11-22(3)4/h21-22H,9-20H2,1-8H3,(H,28,30)(H,29,31). The minimum Gasteiger partial charge on any atom is -0.375 e. The van der Waals surface area contributed by atoms with Gasteiger partial charge in [0, 0.05) is 38.1 Å². The summed E-state index contributed by atoms with van der Waals surface area (Å²) in [6, 6.07) is 0. The SMILES string of the molecule is CC(C)CCOC(C)(C)CCNC(=O)CCC1(C(=O)NCCC(C)(C)OCCC(C)C)CC1. The van der Waals surface area contributed by atoms with E-state index in [1.54, 1.807) is 0 Å². The molecule has 1 aliphatic carbocycles. The quantitative estimate of drug-likeness (QED) is 0.288. The molecule has 33 heavy (non-hydrogen) atoms. The summed E-state index contributed by atoms with van der Waals surface area (Å²) >= 11 is 0. The summed E-state index contributed by atoms with van der Waals surface area (Å²) in [6.07, 6.45) is 6.40. The third-order valence-electron chi connectivity index (χ3n) is 6.60. The molecule has 1 fully saturated rings. The van der Waals surface area contributed by atoms with Crippen molar-refractivity contribution in [2.75, 3.05) is 26.3 Å². The summed E-state index contributed by atoms with van der Waals surface area (Å²) in [6.45, 7) is 19.7. The van der Waals surface area contributed by atoms with Crippen LogP contribution in [0.1, 0.15) is 107 Å². The number of nitrogens with one attached hydrogen (secondary N) is 2. The van der Waals surface area contributed by atoms with Crippen LogP contribution in [-0.4, -0.2) is 49.3 Å². The molecule has 0 aromatic carbocycles. The Balaban J connectivity index is 2.24. The minimum atomic E-state index is -0.348. The second-order valence-electron chi connectivity index (χ2n) is 12.0. The summed E-state index contributed by atoms with van der Waals surface area (Å²) in [4.78, 5) is 25.0. The van der Waals surface area contributed by atoms with Crippen LogP contribution >= 0.6 is 0 Å². The highest BCUT2D eigenvalue weighted by Gasteiger charge is 2.49. The number of carbonyl (C=O) groups excluding carboxylic acids is 2. The molecule has 0 aromatic heterocycles. The highest BCUT2D eigenvalue weighted by atomic mass is 16.5. The van der Waals surface area contributed by atoms with Crippen LogP contribution in [0.5, 0.6) is 0 Å². The van der Waals surface area contributed by atoms with Crippen LogP contribution in [0, 0.1) is 17.3 Å². The Labute approximate surface area is 203 Å². The molecule has 0 heterocycles. The van der Waals surface area contributed by atoms with Gasteiger partial charge in [0.15, 0.2) is 0 Å². The molecule has 6 nitrogen and oxygen atoms in total. The Morgan fingerprint density at radius 2 is 1.27 bits per heavy atom. The van der Waals surface area contributed by atoms with E-state index >= 15 is 0 Å². The van der Waals surface area contributed by atoms with Gasteiger partial charge in [0.1, 0.15) is 0 Å². The normalized spacial score (nSPS) is 15.7. The maximum Gasteiger partial charge on any atom is 0.226 e. The first kappa shape index (κ1) is 29.9. The molecule has 1 aliphatic rings. The first-order valence-corrected chi connectivity index (χ1v) is 13.1. The number of hydrogen-bond donors (Lipinski definition) is 2. The fourth-order valence-electron chi connectivity index (χ4n) is 3.64. The lowest BCUT2D eigenvalue weighted by molar-refractivity contribution is -0.127. The van der Waals surface area contributed by atoms with E-state index < -0.39 is 0 Å². The van der Waals surface area contributed by atoms with Crippen LogP contribution in [0.2, 0.25) is 0 Å². The smallest absolute Gasteiger partial charge is 0.226 e. The van der Waals surface area contributed by atoms with Gasteiger partial charge in [-0.05, 0) is 84.5 Å². The van der Waals surface area contributed by atoms with Crippen LogP contribution in [0.3, 0.4) is 0 Å². The van der Waals surface area contributed by atoms with E-state index in [0.717, 1.165) is 51.7 Å². The molecule has 0 radical (unpaired) electrons. The minimum absolute atomic E-state index is 0.0201. The van der Waals surface area contributed by atoms with E-state index in [2.05, 4.69) is 66.0 Å². The van der Waals surface area contributed by atoms with Crippen molar-refractivity contribution in [2.24, 2.45) is 17.3 Å². The lowest BCUT2D eigenvalue weighted by atomic mass is 9.98. The fraction of sp³-hybridized carbons (Fsp3) is 0.926. The molecule has 0 spiro atoms. The van der Waals surface area contributed by atoms with Crippen molar-refractivity contribution in [1.82, 2.24) is 10.6 Å². The van der Waals surface area contributed by atoms with Crippen molar-refractivity contribution in [2.45, 2.75) is 118 Å². The van der Waals surface area contributed by atoms with Gasteiger partial charge in [0.05, 0.1) is 11.2 Å². The van der Waals surface area contributed by atoms with Crippen molar-refractivity contribution >= 4 is 11.8 Å². The third-order valence-corrected chi connectivity index (χ3v) is 6.60. The first-order chi connectivity index (χ1) is 15.3. The Bertz CT molecular complexity index is 595. The van der Waals surface area contributed by atoms with Gasteiger partial charge < -0.3 is 20.1 Å². The third kappa shape index (κ3) is 13.4. The van der Waals surface area contributed by atoms with Gasteiger partial charge in [0.2, 0.25) is 11.8 Å². The molecule has 0 unspecified atom stereocenters. The van der Waals surface area contributed by atoms with E-state index in [1.807, 2.05) is 0 Å². The lowest BCUT2D eigenvalue weighted by Crippen LogP contribution is -2.38. The number of rotatable bonds is 18. The number of carbonyl (C=O) groups is 2. The van der Waals surface area contributed by atoms with E-state index in [1.165, 1.54) is 0 Å². The Morgan fingerprint density at radius 3 is 1.70 bits per heavy atom. The van der Waals surface area contributed by atoms with E-state index in [9.17, 15) is 9.59 Å². The first-order valence-electron chi connectivity index (χ1n) is 13.1. The van der Waals surface area contributed by atoms with Gasteiger partial charge >= 0.3 is 0 Å². The predicted octanol–water partition coefficient (Wildman–Crippen LogP) is 5.24. The predicted molar refractivity (Wildman–Crippen MR) is 135 cm³/mol. The fourth-order valence-corrected chi connectivity index (χ4v) is 3.64. The zero-order valence-corrected chi connectivity index (χ0v) is 22.8. The van der Waals surface area contributed by atoms with E-state index in [4.69, 9.17) is 9.47 Å². The molecule has 1 rings (SSSR count). The monoisotopic (exact) mass is 468 g/mol. The van der Waals surface area contributed by atoms with Crippen LogP contribution in [-0.2, 0) is 19.1 Å². The average Bonchev–Trinajstić information content (AvgIpc) is 3.46. The van der Waals surface area contributed by atoms with E-state index in [-0.39, 0.29) is 28.4 Å². The van der Waals surface area contributed by atoms with Gasteiger partial charge in [-0.15, -0.1) is 0 Å². The second kappa shape index (κ2) is 13.7. The summed E-state index contributed by atoms with van der Waals surface area (Å²) in [5.74, 6) is 1.36. The van der Waals surface area contributed by atoms with Crippen molar-refractivity contribution in [3.05, 3.63) is 0 Å². The van der Waals surface area contributed by atoms with Crippen LogP contribution in [0.15, 0.2) is 0 Å². The largest absolute Gasteiger partial charge is 0.375 e. The van der Waals surface area contributed by atoms with Crippen molar-refractivity contribution in [1.29, 1.82) is 0 Å². The molecule has 1 saturated carbocycles. The molecule has 194 valence electrons. The zero-order chi connectivity index (χ0) is 25.1. The maximum absolute atomic E-state index is 12.7. The molecule has 6 heteroatoms. The van der Waals surface area contributed by atoms with E-state index in [0.29, 0.717) is 37.8 Å². The number of amides is 2. The van der Waals surface area contributed by atoms with Crippen molar-refractivity contribution in [3.8, 4) is 0 Å². The Morgan fingerprint density at radius 1 is 0.818 bits per heavy atom. The summed E-state index contributed by atoms with van der Waals surface area (Å²) in [5, 5.41) is 6.09. The van der Waals surface area contributed by atoms with Crippen LogP contribution in [0.4, 0.5) is 0 Å². The molecular weight excluding hydrogens is 416 g/mol. The average molecular weight is 469 g/mol.